The Bertz CT molecular complexity index is 1610. The Morgan fingerprint density at radius 3 is 2.63 bits per heavy atom. The van der Waals surface area contributed by atoms with E-state index < -0.39 is 17.6 Å². The molecule has 11 heteroatoms. The van der Waals surface area contributed by atoms with Gasteiger partial charge in [-0.3, -0.25) is 9.78 Å². The minimum absolute atomic E-state index is 0.0160. The molecule has 7 nitrogen and oxygen atoms in total. The van der Waals surface area contributed by atoms with Crippen LogP contribution in [0.15, 0.2) is 78.8 Å². The summed E-state index contributed by atoms with van der Waals surface area (Å²) in [7, 11) is 0. The van der Waals surface area contributed by atoms with E-state index in [1.165, 1.54) is 28.3 Å². The third-order valence-corrected chi connectivity index (χ3v) is 6.47. The summed E-state index contributed by atoms with van der Waals surface area (Å²) in [6.07, 6.45) is 1.86. The van der Waals surface area contributed by atoms with Crippen LogP contribution in [0.1, 0.15) is 27.2 Å². The van der Waals surface area contributed by atoms with Crippen molar-refractivity contribution in [2.75, 3.05) is 10.6 Å². The maximum Gasteiger partial charge on any atom is 0.416 e. The number of nitrogens with zero attached hydrogens (tertiary/aromatic N) is 4. The molecule has 0 unspecified atom stereocenters. The maximum absolute atomic E-state index is 13.6. The van der Waals surface area contributed by atoms with E-state index in [1.54, 1.807) is 43.7 Å². The molecule has 0 bridgehead atoms. The van der Waals surface area contributed by atoms with Gasteiger partial charge in [-0.25, -0.2) is 9.97 Å². The molecule has 5 rings (SSSR count). The first kappa shape index (κ1) is 25.2. The standard InChI is InChI=1S/C27H21F3N6OS/c1-16-5-6-18(8-23(16)34-26-35-24(14-38-26)19-4-3-7-31-12-19)25(37)33-21-9-20(27(28,29)30)10-22(11-21)36-13-17(2)32-15-36/h3-15H,1-2H3,(H,33,37)(H,34,35). The number of benzene rings is 2. The van der Waals surface area contributed by atoms with Gasteiger partial charge in [-0.1, -0.05) is 6.07 Å². The maximum atomic E-state index is 13.6. The molecule has 2 N–H and O–H groups in total. The predicted molar refractivity (Wildman–Crippen MR) is 141 cm³/mol. The highest BCUT2D eigenvalue weighted by molar-refractivity contribution is 7.14. The lowest BCUT2D eigenvalue weighted by molar-refractivity contribution is -0.137. The molecule has 3 aromatic heterocycles. The van der Waals surface area contributed by atoms with Crippen LogP contribution in [0.25, 0.3) is 16.9 Å². The van der Waals surface area contributed by atoms with E-state index in [0.29, 0.717) is 16.5 Å². The summed E-state index contributed by atoms with van der Waals surface area (Å²) in [5, 5.41) is 8.36. The van der Waals surface area contributed by atoms with Gasteiger partial charge in [0.2, 0.25) is 0 Å². The van der Waals surface area contributed by atoms with Crippen molar-refractivity contribution < 1.29 is 18.0 Å². The lowest BCUT2D eigenvalue weighted by Gasteiger charge is -2.14. The van der Waals surface area contributed by atoms with Gasteiger partial charge < -0.3 is 15.2 Å². The highest BCUT2D eigenvalue weighted by Crippen LogP contribution is 2.33. The van der Waals surface area contributed by atoms with Crippen LogP contribution in [0.4, 0.5) is 29.7 Å². The summed E-state index contributed by atoms with van der Waals surface area (Å²) in [5.74, 6) is -0.546. The van der Waals surface area contributed by atoms with Crippen LogP contribution in [-0.2, 0) is 6.18 Å². The van der Waals surface area contributed by atoms with Crippen LogP contribution in [0.3, 0.4) is 0 Å². The number of halogens is 3. The second-order valence-corrected chi connectivity index (χ2v) is 9.44. The zero-order valence-electron chi connectivity index (χ0n) is 20.2. The summed E-state index contributed by atoms with van der Waals surface area (Å²) >= 11 is 1.41. The normalized spacial score (nSPS) is 11.4. The van der Waals surface area contributed by atoms with Crippen LogP contribution < -0.4 is 10.6 Å². The van der Waals surface area contributed by atoms with E-state index in [9.17, 15) is 18.0 Å². The van der Waals surface area contributed by atoms with E-state index in [-0.39, 0.29) is 16.9 Å². The van der Waals surface area contributed by atoms with E-state index in [2.05, 4.69) is 25.6 Å². The average Bonchev–Trinajstić information content (AvgIpc) is 3.54. The second-order valence-electron chi connectivity index (χ2n) is 8.58. The fourth-order valence-corrected chi connectivity index (χ4v) is 4.48. The van der Waals surface area contributed by atoms with E-state index in [4.69, 9.17) is 0 Å². The number of carbonyl (C=O) groups is 1. The molecule has 38 heavy (non-hydrogen) atoms. The topological polar surface area (TPSA) is 84.7 Å². The summed E-state index contributed by atoms with van der Waals surface area (Å²) < 4.78 is 42.2. The Kier molecular flexibility index (Phi) is 6.68. The van der Waals surface area contributed by atoms with Crippen molar-refractivity contribution in [1.29, 1.82) is 0 Å². The van der Waals surface area contributed by atoms with Gasteiger partial charge in [-0.2, -0.15) is 13.2 Å². The monoisotopic (exact) mass is 534 g/mol. The molecule has 0 fully saturated rings. The fraction of sp³-hybridized carbons (Fsp3) is 0.111. The van der Waals surface area contributed by atoms with Crippen molar-refractivity contribution >= 4 is 33.8 Å². The van der Waals surface area contributed by atoms with Gasteiger partial charge in [0.15, 0.2) is 5.13 Å². The van der Waals surface area contributed by atoms with Gasteiger partial charge in [0.1, 0.15) is 0 Å². The molecular formula is C27H21F3N6OS. The number of imidazole rings is 1. The predicted octanol–water partition coefficient (Wildman–Crippen LogP) is 7.02. The molecule has 192 valence electrons. The van der Waals surface area contributed by atoms with Crippen LogP contribution in [0.5, 0.6) is 0 Å². The first-order valence-electron chi connectivity index (χ1n) is 11.4. The summed E-state index contributed by atoms with van der Waals surface area (Å²) in [6.45, 7) is 3.62. The number of aromatic nitrogens is 4. The molecule has 0 radical (unpaired) electrons. The first-order chi connectivity index (χ1) is 18.2. The van der Waals surface area contributed by atoms with Crippen LogP contribution in [-0.4, -0.2) is 25.4 Å². The number of thiazole rings is 1. The van der Waals surface area contributed by atoms with Crippen LogP contribution in [0.2, 0.25) is 0 Å². The largest absolute Gasteiger partial charge is 0.416 e. The van der Waals surface area contributed by atoms with Crippen molar-refractivity contribution in [2.45, 2.75) is 20.0 Å². The summed E-state index contributed by atoms with van der Waals surface area (Å²) in [4.78, 5) is 25.8. The number of hydrogen-bond acceptors (Lipinski definition) is 6. The Hall–Kier alpha value is -4.51. The molecule has 0 spiro atoms. The van der Waals surface area contributed by atoms with E-state index in [0.717, 1.165) is 29.0 Å². The van der Waals surface area contributed by atoms with Crippen LogP contribution >= 0.6 is 11.3 Å². The number of amides is 1. The zero-order chi connectivity index (χ0) is 26.9. The average molecular weight is 535 g/mol. The highest BCUT2D eigenvalue weighted by Gasteiger charge is 2.31. The molecule has 0 aliphatic rings. The van der Waals surface area contributed by atoms with E-state index in [1.807, 2.05) is 24.4 Å². The fourth-order valence-electron chi connectivity index (χ4n) is 3.75. The lowest BCUT2D eigenvalue weighted by atomic mass is 10.1. The van der Waals surface area contributed by atoms with Gasteiger partial charge in [0, 0.05) is 52.2 Å². The van der Waals surface area contributed by atoms with E-state index >= 15 is 0 Å². The molecule has 1 amide bonds. The zero-order valence-corrected chi connectivity index (χ0v) is 21.1. The Balaban J connectivity index is 1.39. The molecule has 3 heterocycles. The van der Waals surface area contributed by atoms with Gasteiger partial charge >= 0.3 is 6.18 Å². The van der Waals surface area contributed by atoms with Crippen molar-refractivity contribution in [1.82, 2.24) is 19.5 Å². The quantitative estimate of drug-likeness (QED) is 0.245. The summed E-state index contributed by atoms with van der Waals surface area (Å²) in [5.41, 5.74) is 3.48. The Morgan fingerprint density at radius 1 is 1.08 bits per heavy atom. The molecule has 5 aromatic rings. The molecule has 0 saturated carbocycles. The van der Waals surface area contributed by atoms with Crippen molar-refractivity contribution in [3.05, 3.63) is 101 Å². The molecule has 0 saturated heterocycles. The van der Waals surface area contributed by atoms with Gasteiger partial charge in [-0.15, -0.1) is 11.3 Å². The third-order valence-electron chi connectivity index (χ3n) is 5.72. The number of anilines is 3. The third kappa shape index (κ3) is 5.57. The first-order valence-corrected chi connectivity index (χ1v) is 12.3. The Morgan fingerprint density at radius 2 is 1.92 bits per heavy atom. The van der Waals surface area contributed by atoms with Gasteiger partial charge in [-0.05, 0) is 61.9 Å². The van der Waals surface area contributed by atoms with Crippen LogP contribution in [0, 0.1) is 13.8 Å². The number of nitrogens with one attached hydrogen (secondary N) is 2. The smallest absolute Gasteiger partial charge is 0.331 e. The van der Waals surface area contributed by atoms with Crippen molar-refractivity contribution in [2.24, 2.45) is 0 Å². The Labute approximate surface area is 220 Å². The minimum atomic E-state index is -4.59. The van der Waals surface area contributed by atoms with Crippen molar-refractivity contribution in [3.63, 3.8) is 0 Å². The van der Waals surface area contributed by atoms with Gasteiger partial charge in [0.25, 0.3) is 5.91 Å². The minimum Gasteiger partial charge on any atom is -0.331 e. The SMILES string of the molecule is Cc1cn(-c2cc(NC(=O)c3ccc(C)c(Nc4nc(-c5cccnc5)cs4)c3)cc(C(F)(F)F)c2)cn1. The second kappa shape index (κ2) is 10.1. The number of rotatable bonds is 6. The molecule has 0 aliphatic heterocycles. The molecule has 0 atom stereocenters. The highest BCUT2D eigenvalue weighted by atomic mass is 32.1. The lowest BCUT2D eigenvalue weighted by Crippen LogP contribution is -2.14. The van der Waals surface area contributed by atoms with Crippen molar-refractivity contribution in [3.8, 4) is 16.9 Å². The number of pyridine rings is 1. The molecular weight excluding hydrogens is 513 g/mol. The summed E-state index contributed by atoms with van der Waals surface area (Å²) in [6, 6.07) is 12.2. The van der Waals surface area contributed by atoms with Gasteiger partial charge in [0.05, 0.1) is 23.3 Å². The number of aryl methyl sites for hydroxylation is 2. The molecule has 2 aromatic carbocycles. The number of alkyl halides is 3. The molecule has 0 aliphatic carbocycles. The number of carbonyl (C=O) groups excluding carboxylic acids is 1. The number of hydrogen-bond donors (Lipinski definition) is 2.